The van der Waals surface area contributed by atoms with E-state index in [9.17, 15) is 9.18 Å². The molecule has 0 radical (unpaired) electrons. The highest BCUT2D eigenvalue weighted by molar-refractivity contribution is 8.00. The van der Waals surface area contributed by atoms with Gasteiger partial charge < -0.3 is 5.32 Å². The molecule has 0 unspecified atom stereocenters. The maximum absolute atomic E-state index is 13.7. The number of benzene rings is 2. The van der Waals surface area contributed by atoms with Crippen molar-refractivity contribution in [3.8, 4) is 5.69 Å². The number of thioether (sulfide) groups is 1. The second kappa shape index (κ2) is 7.43. The molecule has 3 rings (SSSR count). The van der Waals surface area contributed by atoms with Gasteiger partial charge in [-0.2, -0.15) is 4.68 Å². The number of para-hydroxylation sites is 1. The lowest BCUT2D eigenvalue weighted by Crippen LogP contribution is -2.23. The number of nitrogens with one attached hydrogen (secondary N) is 1. The molecule has 8 heteroatoms. The highest BCUT2D eigenvalue weighted by Crippen LogP contribution is 2.24. The van der Waals surface area contributed by atoms with Crippen LogP contribution in [0.1, 0.15) is 12.5 Å². The number of anilines is 1. The molecule has 128 valence electrons. The average molecular weight is 357 g/mol. The van der Waals surface area contributed by atoms with Gasteiger partial charge in [-0.15, -0.1) is 5.10 Å². The van der Waals surface area contributed by atoms with Crippen LogP contribution in [0.2, 0.25) is 0 Å². The third-order valence-electron chi connectivity index (χ3n) is 3.50. The molecule has 2 aromatic carbocycles. The van der Waals surface area contributed by atoms with E-state index in [1.54, 1.807) is 23.7 Å². The molecule has 25 heavy (non-hydrogen) atoms. The molecule has 0 aliphatic carbocycles. The van der Waals surface area contributed by atoms with Crippen molar-refractivity contribution in [3.05, 3.63) is 59.9 Å². The third-order valence-corrected chi connectivity index (χ3v) is 4.54. The van der Waals surface area contributed by atoms with Gasteiger partial charge in [-0.05, 0) is 48.5 Å². The van der Waals surface area contributed by atoms with Gasteiger partial charge in [0.15, 0.2) is 0 Å². The van der Waals surface area contributed by atoms with E-state index < -0.39 is 11.1 Å². The Morgan fingerprint density at radius 1 is 1.20 bits per heavy atom. The smallest absolute Gasteiger partial charge is 0.237 e. The van der Waals surface area contributed by atoms with Crippen LogP contribution in [0.5, 0.6) is 0 Å². The Bertz CT molecular complexity index is 881. The van der Waals surface area contributed by atoms with Crippen LogP contribution in [0.3, 0.4) is 0 Å². The van der Waals surface area contributed by atoms with E-state index in [-0.39, 0.29) is 11.6 Å². The molecule has 1 heterocycles. The van der Waals surface area contributed by atoms with Crippen LogP contribution in [0.25, 0.3) is 5.69 Å². The number of rotatable bonds is 5. The molecule has 0 aliphatic rings. The summed E-state index contributed by atoms with van der Waals surface area (Å²) < 4.78 is 15.2. The van der Waals surface area contributed by atoms with Crippen molar-refractivity contribution in [2.45, 2.75) is 24.3 Å². The molecule has 1 atom stereocenters. The van der Waals surface area contributed by atoms with E-state index in [1.807, 2.05) is 31.2 Å². The molecule has 0 aliphatic heterocycles. The number of aryl methyl sites for hydroxylation is 1. The number of carbonyl (C=O) groups is 1. The molecule has 1 amide bonds. The van der Waals surface area contributed by atoms with E-state index in [1.165, 1.54) is 23.9 Å². The lowest BCUT2D eigenvalue weighted by atomic mass is 10.2. The number of hydrogen-bond donors (Lipinski definition) is 1. The van der Waals surface area contributed by atoms with Crippen LogP contribution in [0.15, 0.2) is 53.7 Å². The molecule has 3 aromatic rings. The van der Waals surface area contributed by atoms with Crippen molar-refractivity contribution in [2.75, 3.05) is 5.32 Å². The largest absolute Gasteiger partial charge is 0.323 e. The van der Waals surface area contributed by atoms with Crippen LogP contribution in [-0.4, -0.2) is 31.4 Å². The standard InChI is InChI=1S/C17H16FN5OS/c1-11-7-9-13(10-8-11)23-17(20-21-22-23)25-12(2)16(24)19-15-6-4-3-5-14(15)18/h3-10,12H,1-2H3,(H,19,24)/t12-/m1/s1. The Balaban J connectivity index is 1.72. The molecule has 1 aromatic heterocycles. The quantitative estimate of drug-likeness (QED) is 0.710. The fourth-order valence-corrected chi connectivity index (χ4v) is 2.92. The van der Waals surface area contributed by atoms with Gasteiger partial charge in [-0.25, -0.2) is 4.39 Å². The Kier molecular flexibility index (Phi) is 5.08. The SMILES string of the molecule is Cc1ccc(-n2nnnc2S[C@H](C)C(=O)Nc2ccccc2F)cc1. The molecule has 6 nitrogen and oxygen atoms in total. The van der Waals surface area contributed by atoms with Crippen molar-refractivity contribution in [3.63, 3.8) is 0 Å². The minimum atomic E-state index is -0.505. The normalized spacial score (nSPS) is 12.0. The van der Waals surface area contributed by atoms with Gasteiger partial charge in [0.2, 0.25) is 11.1 Å². The minimum absolute atomic E-state index is 0.151. The Labute approximate surface area is 148 Å². The first-order valence-corrected chi connectivity index (χ1v) is 8.50. The molecule has 0 saturated carbocycles. The number of halogens is 1. The summed E-state index contributed by atoms with van der Waals surface area (Å²) >= 11 is 1.20. The lowest BCUT2D eigenvalue weighted by molar-refractivity contribution is -0.115. The van der Waals surface area contributed by atoms with Crippen LogP contribution in [0.4, 0.5) is 10.1 Å². The van der Waals surface area contributed by atoms with Crippen molar-refractivity contribution in [1.82, 2.24) is 20.2 Å². The predicted molar refractivity (Wildman–Crippen MR) is 94.2 cm³/mol. The number of nitrogens with zero attached hydrogens (tertiary/aromatic N) is 4. The van der Waals surface area contributed by atoms with E-state index in [2.05, 4.69) is 20.8 Å². The van der Waals surface area contributed by atoms with Gasteiger partial charge >= 0.3 is 0 Å². The Hall–Kier alpha value is -2.74. The van der Waals surface area contributed by atoms with Crippen LogP contribution < -0.4 is 5.32 Å². The molecule has 1 N–H and O–H groups in total. The first-order valence-electron chi connectivity index (χ1n) is 7.62. The fourth-order valence-electron chi connectivity index (χ4n) is 2.11. The zero-order valence-corrected chi connectivity index (χ0v) is 14.5. The van der Waals surface area contributed by atoms with Crippen molar-refractivity contribution < 1.29 is 9.18 Å². The number of hydrogen-bond acceptors (Lipinski definition) is 5. The summed E-state index contributed by atoms with van der Waals surface area (Å²) in [6.45, 7) is 3.71. The summed E-state index contributed by atoms with van der Waals surface area (Å²) in [5, 5.41) is 14.2. The van der Waals surface area contributed by atoms with Gasteiger partial charge in [0.25, 0.3) is 0 Å². The zero-order valence-electron chi connectivity index (χ0n) is 13.7. The summed E-state index contributed by atoms with van der Waals surface area (Å²) in [7, 11) is 0. The van der Waals surface area contributed by atoms with Crippen molar-refractivity contribution in [1.29, 1.82) is 0 Å². The number of tetrazole rings is 1. The van der Waals surface area contributed by atoms with Crippen LogP contribution in [0, 0.1) is 12.7 Å². The van der Waals surface area contributed by atoms with E-state index in [4.69, 9.17) is 0 Å². The Morgan fingerprint density at radius 2 is 1.92 bits per heavy atom. The predicted octanol–water partition coefficient (Wildman–Crippen LogP) is 3.23. The van der Waals surface area contributed by atoms with Gasteiger partial charge in [0.05, 0.1) is 16.6 Å². The monoisotopic (exact) mass is 357 g/mol. The second-order valence-electron chi connectivity index (χ2n) is 5.44. The van der Waals surface area contributed by atoms with E-state index in [0.717, 1.165) is 11.3 Å². The molecular weight excluding hydrogens is 341 g/mol. The highest BCUT2D eigenvalue weighted by Gasteiger charge is 2.20. The maximum Gasteiger partial charge on any atom is 0.237 e. The summed E-state index contributed by atoms with van der Waals surface area (Å²) in [6.07, 6.45) is 0. The van der Waals surface area contributed by atoms with Gasteiger partial charge in [0, 0.05) is 0 Å². The lowest BCUT2D eigenvalue weighted by Gasteiger charge is -2.12. The van der Waals surface area contributed by atoms with Gasteiger partial charge in [-0.3, -0.25) is 4.79 Å². The van der Waals surface area contributed by atoms with E-state index in [0.29, 0.717) is 5.16 Å². The summed E-state index contributed by atoms with van der Waals surface area (Å²) in [5.41, 5.74) is 2.08. The number of aromatic nitrogens is 4. The molecule has 0 bridgehead atoms. The molecular formula is C17H16FN5OS. The third kappa shape index (κ3) is 4.03. The van der Waals surface area contributed by atoms with Crippen LogP contribution >= 0.6 is 11.8 Å². The van der Waals surface area contributed by atoms with Gasteiger partial charge in [-0.1, -0.05) is 41.6 Å². The average Bonchev–Trinajstić information content (AvgIpc) is 3.05. The summed E-state index contributed by atoms with van der Waals surface area (Å²) in [5.74, 6) is -0.800. The number of amides is 1. The highest BCUT2D eigenvalue weighted by atomic mass is 32.2. The first kappa shape index (κ1) is 17.1. The zero-order chi connectivity index (χ0) is 17.8. The molecule has 0 saturated heterocycles. The topological polar surface area (TPSA) is 72.7 Å². The summed E-state index contributed by atoms with van der Waals surface area (Å²) in [6, 6.07) is 13.8. The molecule has 0 spiro atoms. The second-order valence-corrected chi connectivity index (χ2v) is 6.75. The van der Waals surface area contributed by atoms with Crippen molar-refractivity contribution >= 4 is 23.4 Å². The first-order chi connectivity index (χ1) is 12.0. The maximum atomic E-state index is 13.7. The van der Waals surface area contributed by atoms with Crippen LogP contribution in [-0.2, 0) is 4.79 Å². The number of carbonyl (C=O) groups excluding carboxylic acids is 1. The fraction of sp³-hybridized carbons (Fsp3) is 0.176. The summed E-state index contributed by atoms with van der Waals surface area (Å²) in [4.78, 5) is 12.3. The van der Waals surface area contributed by atoms with Crippen molar-refractivity contribution in [2.24, 2.45) is 0 Å². The van der Waals surface area contributed by atoms with Gasteiger partial charge in [0.1, 0.15) is 5.82 Å². The van der Waals surface area contributed by atoms with E-state index >= 15 is 0 Å². The molecule has 0 fully saturated rings. The Morgan fingerprint density at radius 3 is 2.64 bits per heavy atom. The minimum Gasteiger partial charge on any atom is -0.323 e.